The Bertz CT molecular complexity index is 476. The van der Waals surface area contributed by atoms with Gasteiger partial charge in [-0.25, -0.2) is 13.1 Å². The Labute approximate surface area is 94.3 Å². The molecular formula is C9H15N3O3S. The molecule has 1 aromatic rings. The second-order valence-electron chi connectivity index (χ2n) is 4.25. The van der Waals surface area contributed by atoms with Gasteiger partial charge >= 0.3 is 0 Å². The van der Waals surface area contributed by atoms with Crippen LogP contribution in [0.3, 0.4) is 0 Å². The van der Waals surface area contributed by atoms with Crippen molar-refractivity contribution in [1.29, 1.82) is 0 Å². The van der Waals surface area contributed by atoms with Gasteiger partial charge in [-0.3, -0.25) is 4.68 Å². The molecule has 2 N–H and O–H groups in total. The van der Waals surface area contributed by atoms with E-state index in [4.69, 9.17) is 0 Å². The number of nitrogens with one attached hydrogen (secondary N) is 1. The zero-order chi connectivity index (χ0) is 11.8. The van der Waals surface area contributed by atoms with Crippen molar-refractivity contribution in [3.8, 4) is 0 Å². The number of sulfonamides is 1. The highest BCUT2D eigenvalue weighted by Gasteiger charge is 2.35. The van der Waals surface area contributed by atoms with Crippen LogP contribution >= 0.6 is 0 Å². The summed E-state index contributed by atoms with van der Waals surface area (Å²) in [4.78, 5) is 0.123. The smallest absolute Gasteiger partial charge is 0.243 e. The second kappa shape index (κ2) is 3.83. The summed E-state index contributed by atoms with van der Waals surface area (Å²) in [7, 11) is -1.89. The molecule has 0 aromatic carbocycles. The Balaban J connectivity index is 2.03. The van der Waals surface area contributed by atoms with Crippen LogP contribution in [-0.2, 0) is 17.1 Å². The summed E-state index contributed by atoms with van der Waals surface area (Å²) in [5.74, 6) is 0. The van der Waals surface area contributed by atoms with Crippen LogP contribution in [0.15, 0.2) is 17.3 Å². The van der Waals surface area contributed by atoms with Crippen molar-refractivity contribution in [3.05, 3.63) is 12.4 Å². The first-order chi connectivity index (χ1) is 7.41. The van der Waals surface area contributed by atoms with Crippen LogP contribution in [0.4, 0.5) is 0 Å². The van der Waals surface area contributed by atoms with Gasteiger partial charge in [-0.1, -0.05) is 0 Å². The topological polar surface area (TPSA) is 84.2 Å². The number of aliphatic hydroxyl groups is 1. The summed E-state index contributed by atoms with van der Waals surface area (Å²) < 4.78 is 27.3. The van der Waals surface area contributed by atoms with E-state index in [0.717, 1.165) is 6.42 Å². The molecule has 0 unspecified atom stereocenters. The Morgan fingerprint density at radius 1 is 1.62 bits per heavy atom. The first kappa shape index (κ1) is 11.6. The highest BCUT2D eigenvalue weighted by Crippen LogP contribution is 2.30. The molecule has 90 valence electrons. The number of hydrogen-bond acceptors (Lipinski definition) is 4. The van der Waals surface area contributed by atoms with Crippen molar-refractivity contribution in [1.82, 2.24) is 14.5 Å². The highest BCUT2D eigenvalue weighted by molar-refractivity contribution is 7.89. The lowest BCUT2D eigenvalue weighted by molar-refractivity contribution is -0.0270. The Morgan fingerprint density at radius 2 is 2.31 bits per heavy atom. The second-order valence-corrected chi connectivity index (χ2v) is 6.02. The van der Waals surface area contributed by atoms with Crippen LogP contribution in [0.25, 0.3) is 0 Å². The fraction of sp³-hybridized carbons (Fsp3) is 0.667. The van der Waals surface area contributed by atoms with E-state index in [2.05, 4.69) is 9.82 Å². The van der Waals surface area contributed by atoms with Crippen molar-refractivity contribution in [2.24, 2.45) is 7.05 Å². The van der Waals surface area contributed by atoms with Crippen LogP contribution < -0.4 is 4.72 Å². The van der Waals surface area contributed by atoms with E-state index in [-0.39, 0.29) is 11.4 Å². The molecule has 0 radical (unpaired) electrons. The van der Waals surface area contributed by atoms with Gasteiger partial charge in [-0.2, -0.15) is 5.10 Å². The van der Waals surface area contributed by atoms with Crippen LogP contribution in [-0.4, -0.2) is 35.5 Å². The minimum Gasteiger partial charge on any atom is -0.389 e. The molecule has 1 aliphatic rings. The molecule has 0 amide bonds. The van der Waals surface area contributed by atoms with Gasteiger partial charge in [0.25, 0.3) is 0 Å². The van der Waals surface area contributed by atoms with Gasteiger partial charge in [0.1, 0.15) is 4.90 Å². The van der Waals surface area contributed by atoms with Crippen molar-refractivity contribution in [3.63, 3.8) is 0 Å². The molecule has 7 heteroatoms. The average molecular weight is 245 g/mol. The normalized spacial score (nSPS) is 19.4. The Hall–Kier alpha value is -0.920. The third-order valence-electron chi connectivity index (χ3n) is 2.87. The van der Waals surface area contributed by atoms with Gasteiger partial charge in [0.2, 0.25) is 10.0 Å². The van der Waals surface area contributed by atoms with Crippen LogP contribution in [0.2, 0.25) is 0 Å². The van der Waals surface area contributed by atoms with Gasteiger partial charge in [-0.05, 0) is 19.3 Å². The minimum absolute atomic E-state index is 0.0736. The third kappa shape index (κ3) is 2.26. The molecule has 6 nitrogen and oxygen atoms in total. The predicted octanol–water partition coefficient (Wildman–Crippen LogP) is -0.387. The first-order valence-corrected chi connectivity index (χ1v) is 6.60. The van der Waals surface area contributed by atoms with Crippen LogP contribution in [0, 0.1) is 0 Å². The highest BCUT2D eigenvalue weighted by atomic mass is 32.2. The Morgan fingerprint density at radius 3 is 2.75 bits per heavy atom. The fourth-order valence-electron chi connectivity index (χ4n) is 1.61. The largest absolute Gasteiger partial charge is 0.389 e. The third-order valence-corrected chi connectivity index (χ3v) is 4.22. The van der Waals surface area contributed by atoms with E-state index in [1.807, 2.05) is 0 Å². The number of nitrogens with zero attached hydrogens (tertiary/aromatic N) is 2. The Kier molecular flexibility index (Phi) is 2.77. The zero-order valence-corrected chi connectivity index (χ0v) is 9.87. The molecule has 16 heavy (non-hydrogen) atoms. The van der Waals surface area contributed by atoms with Gasteiger partial charge in [0.15, 0.2) is 0 Å². The van der Waals surface area contributed by atoms with Crippen molar-refractivity contribution in [2.45, 2.75) is 29.8 Å². The average Bonchev–Trinajstić information content (AvgIpc) is 2.60. The fourth-order valence-corrected chi connectivity index (χ4v) is 2.71. The van der Waals surface area contributed by atoms with Gasteiger partial charge in [0, 0.05) is 19.8 Å². The van der Waals surface area contributed by atoms with Gasteiger partial charge in [-0.15, -0.1) is 0 Å². The quantitative estimate of drug-likeness (QED) is 0.757. The van der Waals surface area contributed by atoms with Crippen LogP contribution in [0.1, 0.15) is 19.3 Å². The molecule has 1 fully saturated rings. The monoisotopic (exact) mass is 245 g/mol. The molecule has 0 atom stereocenters. The molecule has 1 aliphatic carbocycles. The molecule has 1 heterocycles. The standard InChI is InChI=1S/C9H15N3O3S/c1-12-6-8(5-10-12)16(14,15)11-7-9(13)3-2-4-9/h5-6,11,13H,2-4,7H2,1H3. The summed E-state index contributed by atoms with van der Waals surface area (Å²) in [6, 6.07) is 0. The number of hydrogen-bond donors (Lipinski definition) is 2. The lowest BCUT2D eigenvalue weighted by Crippen LogP contribution is -2.47. The summed E-state index contributed by atoms with van der Waals surface area (Å²) in [6.45, 7) is 0.0736. The maximum Gasteiger partial charge on any atom is 0.243 e. The molecule has 0 bridgehead atoms. The molecule has 1 saturated carbocycles. The lowest BCUT2D eigenvalue weighted by Gasteiger charge is -2.36. The number of aromatic nitrogens is 2. The van der Waals surface area contributed by atoms with Crippen molar-refractivity contribution >= 4 is 10.0 Å². The zero-order valence-electron chi connectivity index (χ0n) is 9.05. The maximum absolute atomic E-state index is 11.8. The van der Waals surface area contributed by atoms with Crippen LogP contribution in [0.5, 0.6) is 0 Å². The van der Waals surface area contributed by atoms with E-state index >= 15 is 0 Å². The summed E-state index contributed by atoms with van der Waals surface area (Å²) >= 11 is 0. The molecule has 0 aliphatic heterocycles. The van der Waals surface area contributed by atoms with E-state index in [1.54, 1.807) is 7.05 Å². The lowest BCUT2D eigenvalue weighted by atomic mass is 9.81. The summed E-state index contributed by atoms with van der Waals surface area (Å²) in [5.41, 5.74) is -0.852. The minimum atomic E-state index is -3.54. The SMILES string of the molecule is Cn1cc(S(=O)(=O)NCC2(O)CCC2)cn1. The number of rotatable bonds is 4. The van der Waals surface area contributed by atoms with Crippen molar-refractivity contribution in [2.75, 3.05) is 6.54 Å². The summed E-state index contributed by atoms with van der Waals surface area (Å²) in [6.07, 6.45) is 4.97. The molecule has 0 spiro atoms. The molecule has 2 rings (SSSR count). The van der Waals surface area contributed by atoms with Gasteiger partial charge < -0.3 is 5.11 Å². The molecule has 1 aromatic heterocycles. The predicted molar refractivity (Wildman–Crippen MR) is 57.2 cm³/mol. The van der Waals surface area contributed by atoms with E-state index in [0.29, 0.717) is 12.8 Å². The first-order valence-electron chi connectivity index (χ1n) is 5.12. The molecule has 0 saturated heterocycles. The van der Waals surface area contributed by atoms with E-state index in [9.17, 15) is 13.5 Å². The molecular weight excluding hydrogens is 230 g/mol. The van der Waals surface area contributed by atoms with E-state index < -0.39 is 15.6 Å². The van der Waals surface area contributed by atoms with Gasteiger partial charge in [0.05, 0.1) is 11.8 Å². The number of aryl methyl sites for hydroxylation is 1. The van der Waals surface area contributed by atoms with Crippen molar-refractivity contribution < 1.29 is 13.5 Å². The summed E-state index contributed by atoms with van der Waals surface area (Å²) in [5, 5.41) is 13.6. The maximum atomic E-state index is 11.8. The van der Waals surface area contributed by atoms with E-state index in [1.165, 1.54) is 17.1 Å².